The van der Waals surface area contributed by atoms with E-state index in [0.29, 0.717) is 12.2 Å². The molecule has 1 aromatic heterocycles. The van der Waals surface area contributed by atoms with E-state index in [4.69, 9.17) is 5.73 Å². The number of anilines is 1. The van der Waals surface area contributed by atoms with E-state index < -0.39 is 0 Å². The van der Waals surface area contributed by atoms with Gasteiger partial charge in [-0.25, -0.2) is 0 Å². The molecule has 1 rings (SSSR count). The van der Waals surface area contributed by atoms with Crippen molar-refractivity contribution >= 4 is 11.6 Å². The number of hydrogen-bond donors (Lipinski definition) is 2. The molecule has 5 nitrogen and oxygen atoms in total. The molecule has 0 aliphatic carbocycles. The first-order chi connectivity index (χ1) is 8.04. The lowest BCUT2D eigenvalue weighted by atomic mass is 10.2. The molecule has 94 valence electrons. The molecule has 1 aromatic rings. The minimum absolute atomic E-state index is 0.103. The molecule has 1 atom stereocenters. The van der Waals surface area contributed by atoms with Crippen LogP contribution in [-0.4, -0.2) is 42.5 Å². The van der Waals surface area contributed by atoms with Crippen LogP contribution in [0.25, 0.3) is 0 Å². The molecule has 0 saturated carbocycles. The molecular formula is C12H20N4O. The molecule has 0 aromatic carbocycles. The predicted molar refractivity (Wildman–Crippen MR) is 69.0 cm³/mol. The van der Waals surface area contributed by atoms with Gasteiger partial charge in [0.2, 0.25) is 0 Å². The van der Waals surface area contributed by atoms with E-state index in [-0.39, 0.29) is 11.9 Å². The second-order valence-electron chi connectivity index (χ2n) is 4.18. The Morgan fingerprint density at radius 3 is 2.88 bits per heavy atom. The molecule has 0 aliphatic heterocycles. The fourth-order valence-corrected chi connectivity index (χ4v) is 1.28. The zero-order valence-electron chi connectivity index (χ0n) is 10.6. The Balaban J connectivity index is 2.69. The van der Waals surface area contributed by atoms with Crippen LogP contribution >= 0.6 is 0 Å². The van der Waals surface area contributed by atoms with Crippen LogP contribution in [0.15, 0.2) is 18.3 Å². The monoisotopic (exact) mass is 236 g/mol. The van der Waals surface area contributed by atoms with Crippen molar-refractivity contribution in [2.45, 2.75) is 19.4 Å². The van der Waals surface area contributed by atoms with Crippen molar-refractivity contribution in [2.75, 3.05) is 26.0 Å². The van der Waals surface area contributed by atoms with Gasteiger partial charge in [0.25, 0.3) is 5.91 Å². The Kier molecular flexibility index (Phi) is 4.90. The van der Waals surface area contributed by atoms with E-state index >= 15 is 0 Å². The Morgan fingerprint density at radius 1 is 1.59 bits per heavy atom. The largest absolute Gasteiger partial charge is 0.383 e. The molecular weight excluding hydrogens is 216 g/mol. The molecule has 1 heterocycles. The molecule has 17 heavy (non-hydrogen) atoms. The number of hydrogen-bond acceptors (Lipinski definition) is 4. The number of aromatic nitrogens is 1. The van der Waals surface area contributed by atoms with Crippen molar-refractivity contribution in [1.29, 1.82) is 0 Å². The van der Waals surface area contributed by atoms with Gasteiger partial charge in [0.15, 0.2) is 0 Å². The minimum Gasteiger partial charge on any atom is -0.383 e. The molecule has 3 N–H and O–H groups in total. The van der Waals surface area contributed by atoms with Gasteiger partial charge in [-0.2, -0.15) is 0 Å². The van der Waals surface area contributed by atoms with E-state index in [2.05, 4.69) is 10.3 Å². The molecule has 0 radical (unpaired) electrons. The second-order valence-corrected chi connectivity index (χ2v) is 4.18. The highest BCUT2D eigenvalue weighted by molar-refractivity contribution is 5.92. The Labute approximate surface area is 102 Å². The van der Waals surface area contributed by atoms with Gasteiger partial charge in [-0.15, -0.1) is 0 Å². The maximum absolute atomic E-state index is 11.7. The van der Waals surface area contributed by atoms with Crippen molar-refractivity contribution in [3.63, 3.8) is 0 Å². The summed E-state index contributed by atoms with van der Waals surface area (Å²) in [6, 6.07) is 3.69. The normalized spacial score (nSPS) is 12.0. The van der Waals surface area contributed by atoms with Crippen molar-refractivity contribution in [3.05, 3.63) is 24.0 Å². The molecule has 0 spiro atoms. The molecule has 0 aliphatic rings. The van der Waals surface area contributed by atoms with Crippen LogP contribution in [0.5, 0.6) is 0 Å². The first kappa shape index (κ1) is 13.4. The zero-order valence-corrected chi connectivity index (χ0v) is 10.6. The lowest BCUT2D eigenvalue weighted by Crippen LogP contribution is -2.28. The van der Waals surface area contributed by atoms with Gasteiger partial charge >= 0.3 is 0 Å². The smallest absolute Gasteiger partial charge is 0.272 e. The summed E-state index contributed by atoms with van der Waals surface area (Å²) < 4.78 is 0. The quantitative estimate of drug-likeness (QED) is 0.798. The van der Waals surface area contributed by atoms with Crippen LogP contribution in [0.1, 0.15) is 23.8 Å². The first-order valence-corrected chi connectivity index (χ1v) is 5.71. The standard InChI is InChI=1S/C12H20N4O/c1-4-9(13)8-15-10-5-6-14-11(7-10)12(17)16(2)3/h5-7,9H,4,8,13H2,1-3H3,(H,14,15). The summed E-state index contributed by atoms with van der Waals surface area (Å²) in [5.74, 6) is -0.103. The maximum atomic E-state index is 11.7. The fourth-order valence-electron chi connectivity index (χ4n) is 1.28. The molecule has 0 bridgehead atoms. The zero-order chi connectivity index (χ0) is 12.8. The summed E-state index contributed by atoms with van der Waals surface area (Å²) in [7, 11) is 3.41. The van der Waals surface area contributed by atoms with Gasteiger partial charge in [-0.1, -0.05) is 6.92 Å². The van der Waals surface area contributed by atoms with Crippen LogP contribution in [0.2, 0.25) is 0 Å². The average molecular weight is 236 g/mol. The topological polar surface area (TPSA) is 71.2 Å². The van der Waals surface area contributed by atoms with E-state index in [1.165, 1.54) is 4.90 Å². The summed E-state index contributed by atoms with van der Waals surface area (Å²) in [6.45, 7) is 2.73. The molecule has 1 unspecified atom stereocenters. The third kappa shape index (κ3) is 4.03. The van der Waals surface area contributed by atoms with Crippen molar-refractivity contribution in [2.24, 2.45) is 5.73 Å². The van der Waals surface area contributed by atoms with Gasteiger partial charge in [-0.3, -0.25) is 9.78 Å². The Morgan fingerprint density at radius 2 is 2.29 bits per heavy atom. The van der Waals surface area contributed by atoms with Crippen LogP contribution in [0.3, 0.4) is 0 Å². The summed E-state index contributed by atoms with van der Waals surface area (Å²) in [4.78, 5) is 17.3. The van der Waals surface area contributed by atoms with Gasteiger partial charge in [-0.05, 0) is 18.6 Å². The highest BCUT2D eigenvalue weighted by atomic mass is 16.2. The van der Waals surface area contributed by atoms with E-state index in [1.54, 1.807) is 26.4 Å². The van der Waals surface area contributed by atoms with Crippen LogP contribution in [0, 0.1) is 0 Å². The van der Waals surface area contributed by atoms with E-state index in [0.717, 1.165) is 12.1 Å². The highest BCUT2D eigenvalue weighted by Crippen LogP contribution is 2.09. The summed E-state index contributed by atoms with van der Waals surface area (Å²) in [5, 5.41) is 3.19. The number of carbonyl (C=O) groups is 1. The van der Waals surface area contributed by atoms with Crippen molar-refractivity contribution < 1.29 is 4.79 Å². The Hall–Kier alpha value is -1.62. The number of carbonyl (C=O) groups excluding carboxylic acids is 1. The van der Waals surface area contributed by atoms with Gasteiger partial charge in [0, 0.05) is 38.6 Å². The van der Waals surface area contributed by atoms with Gasteiger partial charge in [0.05, 0.1) is 0 Å². The fraction of sp³-hybridized carbons (Fsp3) is 0.500. The van der Waals surface area contributed by atoms with E-state index in [9.17, 15) is 4.79 Å². The van der Waals surface area contributed by atoms with Crippen LogP contribution < -0.4 is 11.1 Å². The number of pyridine rings is 1. The number of amides is 1. The molecule has 0 saturated heterocycles. The van der Waals surface area contributed by atoms with Crippen molar-refractivity contribution in [1.82, 2.24) is 9.88 Å². The third-order valence-electron chi connectivity index (χ3n) is 2.48. The summed E-state index contributed by atoms with van der Waals surface area (Å²) >= 11 is 0. The average Bonchev–Trinajstić information content (AvgIpc) is 2.35. The van der Waals surface area contributed by atoms with Gasteiger partial charge < -0.3 is 16.0 Å². The maximum Gasteiger partial charge on any atom is 0.272 e. The number of nitrogens with two attached hydrogens (primary N) is 1. The lowest BCUT2D eigenvalue weighted by Gasteiger charge is -2.13. The van der Waals surface area contributed by atoms with E-state index in [1.807, 2.05) is 13.0 Å². The van der Waals surface area contributed by atoms with Gasteiger partial charge in [0.1, 0.15) is 5.69 Å². The first-order valence-electron chi connectivity index (χ1n) is 5.71. The SMILES string of the molecule is CCC(N)CNc1ccnc(C(=O)N(C)C)c1. The second kappa shape index (κ2) is 6.20. The number of rotatable bonds is 5. The van der Waals surface area contributed by atoms with Crippen LogP contribution in [0.4, 0.5) is 5.69 Å². The van der Waals surface area contributed by atoms with Crippen LogP contribution in [-0.2, 0) is 0 Å². The molecule has 5 heteroatoms. The molecule has 1 amide bonds. The summed E-state index contributed by atoms with van der Waals surface area (Å²) in [6.07, 6.45) is 2.54. The minimum atomic E-state index is -0.103. The Bertz CT molecular complexity index is 379. The predicted octanol–water partition coefficient (Wildman–Crippen LogP) is 0.933. The number of nitrogens with one attached hydrogen (secondary N) is 1. The highest BCUT2D eigenvalue weighted by Gasteiger charge is 2.09. The third-order valence-corrected chi connectivity index (χ3v) is 2.48. The molecule has 0 fully saturated rings. The lowest BCUT2D eigenvalue weighted by molar-refractivity contribution is 0.0822. The van der Waals surface area contributed by atoms with Crippen molar-refractivity contribution in [3.8, 4) is 0 Å². The number of nitrogens with zero attached hydrogens (tertiary/aromatic N) is 2. The summed E-state index contributed by atoms with van der Waals surface area (Å²) in [5.41, 5.74) is 7.12.